The minimum absolute atomic E-state index is 0.0178. The molecule has 1 aromatic heterocycles. The molecule has 0 saturated heterocycles. The average molecular weight is 377 g/mol. The monoisotopic (exact) mass is 376 g/mol. The van der Waals surface area contributed by atoms with Crippen LogP contribution >= 0.6 is 11.8 Å². The van der Waals surface area contributed by atoms with Gasteiger partial charge in [0.1, 0.15) is 5.82 Å². The Morgan fingerprint density at radius 1 is 1.31 bits per heavy atom. The van der Waals surface area contributed by atoms with E-state index in [0.29, 0.717) is 22.5 Å². The van der Waals surface area contributed by atoms with Crippen LogP contribution in [0.2, 0.25) is 0 Å². The minimum Gasteiger partial charge on any atom is -0.352 e. The number of hydrogen-bond acceptors (Lipinski definition) is 4. The molecule has 1 fully saturated rings. The molecule has 3 atom stereocenters. The molecule has 7 heteroatoms. The van der Waals surface area contributed by atoms with Gasteiger partial charge in [0, 0.05) is 13.1 Å². The van der Waals surface area contributed by atoms with E-state index in [1.54, 1.807) is 29.8 Å². The summed E-state index contributed by atoms with van der Waals surface area (Å²) in [7, 11) is 1.79. The molecule has 1 heterocycles. The van der Waals surface area contributed by atoms with Crippen molar-refractivity contribution in [1.29, 1.82) is 0 Å². The summed E-state index contributed by atoms with van der Waals surface area (Å²) in [5.41, 5.74) is 0.405. The first-order valence-corrected chi connectivity index (χ1v) is 9.96. The van der Waals surface area contributed by atoms with Crippen LogP contribution in [0.1, 0.15) is 39.5 Å². The number of rotatable bonds is 5. The molecule has 0 bridgehead atoms. The number of nitrogens with zero attached hydrogens (tertiary/aromatic N) is 3. The third-order valence-electron chi connectivity index (χ3n) is 5.04. The summed E-state index contributed by atoms with van der Waals surface area (Å²) in [4.78, 5) is 12.6. The van der Waals surface area contributed by atoms with E-state index >= 15 is 0 Å². The van der Waals surface area contributed by atoms with Crippen LogP contribution in [0, 0.1) is 11.7 Å². The molecular formula is C19H25FN4OS. The lowest BCUT2D eigenvalue weighted by molar-refractivity contribution is -0.121. The zero-order valence-electron chi connectivity index (χ0n) is 15.4. The molecule has 0 spiro atoms. The van der Waals surface area contributed by atoms with Crippen molar-refractivity contribution >= 4 is 17.7 Å². The van der Waals surface area contributed by atoms with Crippen LogP contribution in [0.25, 0.3) is 11.4 Å². The lowest BCUT2D eigenvalue weighted by Crippen LogP contribution is -2.44. The number of thioether (sulfide) groups is 1. The summed E-state index contributed by atoms with van der Waals surface area (Å²) < 4.78 is 15.7. The topological polar surface area (TPSA) is 59.8 Å². The molecule has 0 radical (unpaired) electrons. The van der Waals surface area contributed by atoms with E-state index in [1.807, 2.05) is 6.92 Å². The molecule has 1 aliphatic carbocycles. The van der Waals surface area contributed by atoms with Crippen LogP contribution in [-0.2, 0) is 11.8 Å². The van der Waals surface area contributed by atoms with Crippen molar-refractivity contribution in [2.75, 3.05) is 0 Å². The Morgan fingerprint density at radius 3 is 2.77 bits per heavy atom. The van der Waals surface area contributed by atoms with E-state index in [4.69, 9.17) is 0 Å². The molecule has 26 heavy (non-hydrogen) atoms. The van der Waals surface area contributed by atoms with Gasteiger partial charge in [0.2, 0.25) is 5.91 Å². The highest BCUT2D eigenvalue weighted by Crippen LogP contribution is 2.28. The van der Waals surface area contributed by atoms with Gasteiger partial charge in [-0.2, -0.15) is 0 Å². The summed E-state index contributed by atoms with van der Waals surface area (Å²) in [6.07, 6.45) is 4.63. The number of amides is 1. The highest BCUT2D eigenvalue weighted by atomic mass is 32.2. The van der Waals surface area contributed by atoms with Gasteiger partial charge in [-0.15, -0.1) is 10.2 Å². The third-order valence-corrected chi connectivity index (χ3v) is 6.17. The van der Waals surface area contributed by atoms with E-state index < -0.39 is 0 Å². The maximum absolute atomic E-state index is 14.0. The minimum atomic E-state index is -0.336. The lowest BCUT2D eigenvalue weighted by Gasteiger charge is -2.30. The zero-order chi connectivity index (χ0) is 18.7. The summed E-state index contributed by atoms with van der Waals surface area (Å²) in [5, 5.41) is 11.7. The maximum Gasteiger partial charge on any atom is 0.233 e. The first-order chi connectivity index (χ1) is 12.5. The Balaban J connectivity index is 1.67. The maximum atomic E-state index is 14.0. The van der Waals surface area contributed by atoms with Crippen LogP contribution in [-0.4, -0.2) is 32.0 Å². The van der Waals surface area contributed by atoms with Crippen molar-refractivity contribution in [3.8, 4) is 11.4 Å². The van der Waals surface area contributed by atoms with E-state index in [1.165, 1.54) is 37.1 Å². The molecule has 0 aliphatic heterocycles. The molecule has 1 aromatic carbocycles. The molecular weight excluding hydrogens is 351 g/mol. The first-order valence-electron chi connectivity index (χ1n) is 9.08. The summed E-state index contributed by atoms with van der Waals surface area (Å²) in [6, 6.07) is 6.74. The molecule has 1 saturated carbocycles. The SMILES string of the molecule is C[C@@H]1CCCC[C@H]1NC(=O)[C@@H](C)Sc1nnc(-c2ccccc2F)n1C. The third kappa shape index (κ3) is 4.09. The second-order valence-electron chi connectivity index (χ2n) is 6.98. The number of halogens is 1. The number of hydrogen-bond donors (Lipinski definition) is 1. The average Bonchev–Trinajstić information content (AvgIpc) is 2.98. The lowest BCUT2D eigenvalue weighted by atomic mass is 9.86. The van der Waals surface area contributed by atoms with Gasteiger partial charge >= 0.3 is 0 Å². The largest absolute Gasteiger partial charge is 0.352 e. The highest BCUT2D eigenvalue weighted by molar-refractivity contribution is 8.00. The van der Waals surface area contributed by atoms with Crippen molar-refractivity contribution in [1.82, 2.24) is 20.1 Å². The quantitative estimate of drug-likeness (QED) is 0.807. The summed E-state index contributed by atoms with van der Waals surface area (Å²) in [6.45, 7) is 4.07. The van der Waals surface area contributed by atoms with Crippen molar-refractivity contribution in [3.05, 3.63) is 30.1 Å². The fourth-order valence-corrected chi connectivity index (χ4v) is 4.16. The summed E-state index contributed by atoms with van der Waals surface area (Å²) >= 11 is 1.34. The fraction of sp³-hybridized carbons (Fsp3) is 0.526. The Hall–Kier alpha value is -1.89. The van der Waals surface area contributed by atoms with Gasteiger partial charge in [-0.05, 0) is 37.8 Å². The van der Waals surface area contributed by atoms with Crippen LogP contribution in [0.15, 0.2) is 29.4 Å². The van der Waals surface area contributed by atoms with Crippen LogP contribution in [0.4, 0.5) is 4.39 Å². The van der Waals surface area contributed by atoms with E-state index in [2.05, 4.69) is 22.4 Å². The molecule has 1 aliphatic rings. The molecule has 1 amide bonds. The van der Waals surface area contributed by atoms with Gasteiger partial charge in [0.25, 0.3) is 0 Å². The van der Waals surface area contributed by atoms with Gasteiger partial charge in [0.15, 0.2) is 11.0 Å². The number of carbonyl (C=O) groups excluding carboxylic acids is 1. The van der Waals surface area contributed by atoms with Crippen LogP contribution < -0.4 is 5.32 Å². The molecule has 1 N–H and O–H groups in total. The number of carbonyl (C=O) groups is 1. The fourth-order valence-electron chi connectivity index (χ4n) is 3.34. The van der Waals surface area contributed by atoms with Crippen molar-refractivity contribution in [2.45, 2.75) is 56.0 Å². The van der Waals surface area contributed by atoms with E-state index in [-0.39, 0.29) is 23.0 Å². The van der Waals surface area contributed by atoms with Crippen LogP contribution in [0.3, 0.4) is 0 Å². The molecule has 3 rings (SSSR count). The standard InChI is InChI=1S/C19H25FN4OS/c1-12-8-4-7-11-16(12)21-18(25)13(2)26-19-23-22-17(24(19)3)14-9-5-6-10-15(14)20/h5-6,9-10,12-13,16H,4,7-8,11H2,1-3H3,(H,21,25)/t12-,13-,16-/m1/s1. The second kappa shape index (κ2) is 8.20. The summed E-state index contributed by atoms with van der Waals surface area (Å²) in [5.74, 6) is 0.660. The Kier molecular flexibility index (Phi) is 5.96. The molecule has 0 unspecified atom stereocenters. The Morgan fingerprint density at radius 2 is 2.04 bits per heavy atom. The molecule has 140 valence electrons. The van der Waals surface area contributed by atoms with E-state index in [9.17, 15) is 9.18 Å². The predicted octanol–water partition coefficient (Wildman–Crippen LogP) is 3.80. The normalized spacial score (nSPS) is 21.4. The van der Waals surface area contributed by atoms with E-state index in [0.717, 1.165) is 6.42 Å². The second-order valence-corrected chi connectivity index (χ2v) is 8.29. The predicted molar refractivity (Wildman–Crippen MR) is 101 cm³/mol. The molecule has 2 aromatic rings. The highest BCUT2D eigenvalue weighted by Gasteiger charge is 2.26. The Bertz CT molecular complexity index is 779. The number of aromatic nitrogens is 3. The van der Waals surface area contributed by atoms with Crippen LogP contribution in [0.5, 0.6) is 0 Å². The van der Waals surface area contributed by atoms with Crippen molar-refractivity contribution in [2.24, 2.45) is 13.0 Å². The Labute approximate surface area is 157 Å². The smallest absolute Gasteiger partial charge is 0.233 e. The number of benzene rings is 1. The zero-order valence-corrected chi connectivity index (χ0v) is 16.2. The van der Waals surface area contributed by atoms with Gasteiger partial charge in [0.05, 0.1) is 10.8 Å². The first kappa shape index (κ1) is 18.9. The van der Waals surface area contributed by atoms with Gasteiger partial charge in [-0.25, -0.2) is 4.39 Å². The molecule has 5 nitrogen and oxygen atoms in total. The van der Waals surface area contributed by atoms with Gasteiger partial charge in [-0.3, -0.25) is 4.79 Å². The van der Waals surface area contributed by atoms with Gasteiger partial charge in [-0.1, -0.05) is 43.7 Å². The van der Waals surface area contributed by atoms with Crippen molar-refractivity contribution < 1.29 is 9.18 Å². The van der Waals surface area contributed by atoms with Gasteiger partial charge < -0.3 is 9.88 Å². The van der Waals surface area contributed by atoms with Crippen molar-refractivity contribution in [3.63, 3.8) is 0 Å². The number of nitrogens with one attached hydrogen (secondary N) is 1.